The maximum Gasteiger partial charge on any atom is 0.189 e. The van der Waals surface area contributed by atoms with Gasteiger partial charge in [-0.2, -0.15) is 0 Å². The van der Waals surface area contributed by atoms with Gasteiger partial charge in [-0.15, -0.1) is 0 Å². The number of halogens is 2. The van der Waals surface area contributed by atoms with Gasteiger partial charge in [0.15, 0.2) is 11.1 Å². The second-order valence-electron chi connectivity index (χ2n) is 6.00. The molecule has 1 unspecified atom stereocenters. The van der Waals surface area contributed by atoms with Crippen molar-refractivity contribution in [3.8, 4) is 0 Å². The molecule has 24 heavy (non-hydrogen) atoms. The Kier molecular flexibility index (Phi) is 8.41. The van der Waals surface area contributed by atoms with Crippen LogP contribution in [-0.4, -0.2) is 41.0 Å². The van der Waals surface area contributed by atoms with Crippen LogP contribution in [0.25, 0.3) is 0 Å². The first kappa shape index (κ1) is 19.6. The van der Waals surface area contributed by atoms with Gasteiger partial charge in [-0.25, -0.2) is 8.60 Å². The third-order valence-electron chi connectivity index (χ3n) is 4.11. The van der Waals surface area contributed by atoms with Gasteiger partial charge in [0, 0.05) is 19.1 Å². The zero-order chi connectivity index (χ0) is 17.4. The van der Waals surface area contributed by atoms with Crippen molar-refractivity contribution in [2.45, 2.75) is 43.0 Å². The minimum atomic E-state index is -2.37. The van der Waals surface area contributed by atoms with Crippen LogP contribution in [0.4, 0.5) is 10.1 Å². The van der Waals surface area contributed by atoms with Crippen LogP contribution >= 0.6 is 11.6 Å². The first-order chi connectivity index (χ1) is 11.6. The minimum absolute atomic E-state index is 0.246. The fourth-order valence-corrected chi connectivity index (χ4v) is 3.51. The van der Waals surface area contributed by atoms with Crippen LogP contribution in [0.15, 0.2) is 17.0 Å². The molecule has 136 valence electrons. The quantitative estimate of drug-likeness (QED) is 0.393. The summed E-state index contributed by atoms with van der Waals surface area (Å²) in [6.07, 6.45) is 5.77. The Hall–Kier alpha value is -0.730. The van der Waals surface area contributed by atoms with Crippen LogP contribution in [0.1, 0.15) is 32.1 Å². The van der Waals surface area contributed by atoms with E-state index in [0.717, 1.165) is 32.5 Å². The summed E-state index contributed by atoms with van der Waals surface area (Å²) >= 11 is 3.63. The molecule has 0 radical (unpaired) electrons. The van der Waals surface area contributed by atoms with Crippen LogP contribution in [0.3, 0.4) is 0 Å². The van der Waals surface area contributed by atoms with Crippen molar-refractivity contribution in [3.05, 3.63) is 23.0 Å². The standard InChI is InChI=1S/C16H25ClFN3O2S/c17-13-9-16(24(22)23)14(18)10-15(13)21-8-4-3-6-19-11-12-5-1-2-7-20-12/h9-10,12,19-21H,1-8,11H2,(H,22,23)/t12-/m1/s1. The van der Waals surface area contributed by atoms with E-state index in [1.54, 1.807) is 0 Å². The summed E-state index contributed by atoms with van der Waals surface area (Å²) in [7, 11) is 0. The Morgan fingerprint density at radius 3 is 2.83 bits per heavy atom. The second-order valence-corrected chi connectivity index (χ2v) is 7.34. The first-order valence-corrected chi connectivity index (χ1v) is 9.84. The summed E-state index contributed by atoms with van der Waals surface area (Å²) in [5, 5.41) is 10.3. The second kappa shape index (κ2) is 10.3. The molecule has 0 aromatic heterocycles. The lowest BCUT2D eigenvalue weighted by Crippen LogP contribution is -2.41. The van der Waals surface area contributed by atoms with E-state index in [1.807, 2.05) is 0 Å². The van der Waals surface area contributed by atoms with Crippen molar-refractivity contribution in [2.24, 2.45) is 0 Å². The summed E-state index contributed by atoms with van der Waals surface area (Å²) < 4.78 is 33.6. The van der Waals surface area contributed by atoms with E-state index in [2.05, 4.69) is 16.0 Å². The monoisotopic (exact) mass is 377 g/mol. The highest BCUT2D eigenvalue weighted by atomic mass is 35.5. The number of nitrogens with one attached hydrogen (secondary N) is 3. The van der Waals surface area contributed by atoms with Crippen molar-refractivity contribution in [1.29, 1.82) is 0 Å². The molecule has 2 rings (SSSR count). The third-order valence-corrected chi connectivity index (χ3v) is 5.11. The summed E-state index contributed by atoms with van der Waals surface area (Å²) in [4.78, 5) is -0.300. The number of hydrogen-bond donors (Lipinski definition) is 4. The minimum Gasteiger partial charge on any atom is -0.384 e. The maximum atomic E-state index is 13.7. The predicted octanol–water partition coefficient (Wildman–Crippen LogP) is 2.98. The van der Waals surface area contributed by atoms with Crippen LogP contribution in [-0.2, 0) is 11.1 Å². The largest absolute Gasteiger partial charge is 0.384 e. The van der Waals surface area contributed by atoms with Gasteiger partial charge in [0.05, 0.1) is 10.7 Å². The SMILES string of the molecule is O=S(O)c1cc(Cl)c(NCCCCNC[C@H]2CCCCN2)cc1F. The molecule has 1 saturated heterocycles. The molecule has 2 atom stereocenters. The van der Waals surface area contributed by atoms with Gasteiger partial charge in [-0.3, -0.25) is 0 Å². The topological polar surface area (TPSA) is 73.4 Å². The Morgan fingerprint density at radius 1 is 1.33 bits per heavy atom. The van der Waals surface area contributed by atoms with E-state index in [1.165, 1.54) is 31.4 Å². The molecule has 0 saturated carbocycles. The van der Waals surface area contributed by atoms with Gasteiger partial charge in [0.1, 0.15) is 10.7 Å². The summed E-state index contributed by atoms with van der Waals surface area (Å²) in [6, 6.07) is 2.95. The lowest BCUT2D eigenvalue weighted by atomic mass is 10.1. The van der Waals surface area contributed by atoms with Gasteiger partial charge in [0.25, 0.3) is 0 Å². The van der Waals surface area contributed by atoms with E-state index in [4.69, 9.17) is 16.2 Å². The average Bonchev–Trinajstić information content (AvgIpc) is 2.57. The fraction of sp³-hybridized carbons (Fsp3) is 0.625. The molecule has 1 aliphatic rings. The molecule has 0 spiro atoms. The molecule has 0 amide bonds. The van der Waals surface area contributed by atoms with Gasteiger partial charge in [0.2, 0.25) is 0 Å². The van der Waals surface area contributed by atoms with Crippen LogP contribution < -0.4 is 16.0 Å². The highest BCUT2D eigenvalue weighted by Crippen LogP contribution is 2.27. The van der Waals surface area contributed by atoms with E-state index in [0.29, 0.717) is 18.3 Å². The van der Waals surface area contributed by atoms with Crippen LogP contribution in [0, 0.1) is 5.82 Å². The molecule has 8 heteroatoms. The van der Waals surface area contributed by atoms with Crippen molar-refractivity contribution < 1.29 is 13.2 Å². The molecule has 1 heterocycles. The lowest BCUT2D eigenvalue weighted by molar-refractivity contribution is 0.383. The highest BCUT2D eigenvalue weighted by molar-refractivity contribution is 7.79. The van der Waals surface area contributed by atoms with E-state index >= 15 is 0 Å². The zero-order valence-corrected chi connectivity index (χ0v) is 15.2. The number of unbranched alkanes of at least 4 members (excludes halogenated alkanes) is 1. The van der Waals surface area contributed by atoms with Gasteiger partial charge >= 0.3 is 0 Å². The highest BCUT2D eigenvalue weighted by Gasteiger charge is 2.13. The van der Waals surface area contributed by atoms with E-state index in [9.17, 15) is 8.60 Å². The fourth-order valence-electron chi connectivity index (χ4n) is 2.77. The van der Waals surface area contributed by atoms with Crippen LogP contribution in [0.5, 0.6) is 0 Å². The lowest BCUT2D eigenvalue weighted by Gasteiger charge is -2.23. The van der Waals surface area contributed by atoms with Crippen molar-refractivity contribution in [1.82, 2.24) is 10.6 Å². The molecule has 1 aromatic carbocycles. The molecule has 1 aromatic rings. The van der Waals surface area contributed by atoms with Crippen molar-refractivity contribution in [3.63, 3.8) is 0 Å². The van der Waals surface area contributed by atoms with Gasteiger partial charge in [-0.1, -0.05) is 18.0 Å². The summed E-state index contributed by atoms with van der Waals surface area (Å²) in [6.45, 7) is 3.74. The number of rotatable bonds is 9. The summed E-state index contributed by atoms with van der Waals surface area (Å²) in [5.41, 5.74) is 0.447. The Labute approximate surface area is 150 Å². The molecule has 1 aliphatic heterocycles. The van der Waals surface area contributed by atoms with E-state index in [-0.39, 0.29) is 9.92 Å². The van der Waals surface area contributed by atoms with Crippen LogP contribution in [0.2, 0.25) is 5.02 Å². The number of piperidine rings is 1. The molecular weight excluding hydrogens is 353 g/mol. The number of hydrogen-bond acceptors (Lipinski definition) is 4. The molecular formula is C16H25ClFN3O2S. The molecule has 4 N–H and O–H groups in total. The Morgan fingerprint density at radius 2 is 2.12 bits per heavy atom. The molecule has 0 bridgehead atoms. The smallest absolute Gasteiger partial charge is 0.189 e. The summed E-state index contributed by atoms with van der Waals surface area (Å²) in [5.74, 6) is -0.732. The molecule has 5 nitrogen and oxygen atoms in total. The van der Waals surface area contributed by atoms with Gasteiger partial charge < -0.3 is 20.5 Å². The Balaban J connectivity index is 1.62. The average molecular weight is 378 g/mol. The molecule has 0 aliphatic carbocycles. The van der Waals surface area contributed by atoms with E-state index < -0.39 is 16.9 Å². The number of anilines is 1. The third kappa shape index (κ3) is 6.29. The predicted molar refractivity (Wildman–Crippen MR) is 96.7 cm³/mol. The van der Waals surface area contributed by atoms with Gasteiger partial charge in [-0.05, 0) is 50.9 Å². The van der Waals surface area contributed by atoms with Crippen molar-refractivity contribution in [2.75, 3.05) is 31.5 Å². The first-order valence-electron chi connectivity index (χ1n) is 8.36. The normalized spacial score (nSPS) is 19.2. The zero-order valence-electron chi connectivity index (χ0n) is 13.6. The van der Waals surface area contributed by atoms with Crippen molar-refractivity contribution >= 4 is 28.4 Å². The maximum absolute atomic E-state index is 13.7. The Bertz CT molecular complexity index is 556. The molecule has 1 fully saturated rings. The number of benzene rings is 1.